The Bertz CT molecular complexity index is 1530. The molecule has 1 unspecified atom stereocenters. The molecule has 5 aromatic rings. The SMILES string of the molecule is CC1CC=CC=C1c1ccc(-c2ccc3ccc4ccc(-c5ccccc5)nc4c3n2)cc1. The van der Waals surface area contributed by atoms with Crippen LogP contribution in [0.4, 0.5) is 0 Å². The molecular weight excluding hydrogens is 400 g/mol. The highest BCUT2D eigenvalue weighted by atomic mass is 14.8. The molecule has 1 aliphatic carbocycles. The Morgan fingerprint density at radius 1 is 0.606 bits per heavy atom. The third-order valence-corrected chi connectivity index (χ3v) is 6.54. The van der Waals surface area contributed by atoms with Crippen molar-refractivity contribution in [2.24, 2.45) is 5.92 Å². The summed E-state index contributed by atoms with van der Waals surface area (Å²) >= 11 is 0. The van der Waals surface area contributed by atoms with Gasteiger partial charge in [0.15, 0.2) is 0 Å². The fourth-order valence-electron chi connectivity index (χ4n) is 4.66. The largest absolute Gasteiger partial charge is 0.245 e. The van der Waals surface area contributed by atoms with E-state index in [0.29, 0.717) is 5.92 Å². The highest BCUT2D eigenvalue weighted by molar-refractivity contribution is 6.04. The molecule has 2 aromatic heterocycles. The van der Waals surface area contributed by atoms with Crippen molar-refractivity contribution in [2.45, 2.75) is 13.3 Å². The van der Waals surface area contributed by atoms with Crippen LogP contribution in [-0.4, -0.2) is 9.97 Å². The van der Waals surface area contributed by atoms with Gasteiger partial charge in [0.1, 0.15) is 0 Å². The molecule has 0 radical (unpaired) electrons. The van der Waals surface area contributed by atoms with Crippen molar-refractivity contribution in [1.29, 1.82) is 0 Å². The number of pyridine rings is 2. The highest BCUT2D eigenvalue weighted by Gasteiger charge is 2.13. The summed E-state index contributed by atoms with van der Waals surface area (Å²) in [4.78, 5) is 10.1. The van der Waals surface area contributed by atoms with Crippen molar-refractivity contribution < 1.29 is 0 Å². The first-order valence-electron chi connectivity index (χ1n) is 11.5. The van der Waals surface area contributed by atoms with E-state index in [0.717, 1.165) is 50.7 Å². The maximum absolute atomic E-state index is 5.08. The van der Waals surface area contributed by atoms with Crippen LogP contribution in [0.3, 0.4) is 0 Å². The molecule has 0 bridgehead atoms. The molecule has 2 nitrogen and oxygen atoms in total. The topological polar surface area (TPSA) is 25.8 Å². The molecule has 0 saturated carbocycles. The number of hydrogen-bond acceptors (Lipinski definition) is 2. The molecule has 1 aliphatic rings. The van der Waals surface area contributed by atoms with Crippen molar-refractivity contribution in [3.8, 4) is 22.5 Å². The average Bonchev–Trinajstić information content (AvgIpc) is 2.89. The normalized spacial score (nSPS) is 15.7. The van der Waals surface area contributed by atoms with E-state index in [2.05, 4.69) is 97.9 Å². The van der Waals surface area contributed by atoms with E-state index in [1.54, 1.807) is 0 Å². The van der Waals surface area contributed by atoms with Gasteiger partial charge in [0.05, 0.1) is 22.4 Å². The van der Waals surface area contributed by atoms with Gasteiger partial charge in [-0.3, -0.25) is 0 Å². The van der Waals surface area contributed by atoms with Gasteiger partial charge in [-0.15, -0.1) is 0 Å². The van der Waals surface area contributed by atoms with Gasteiger partial charge in [-0.2, -0.15) is 0 Å². The monoisotopic (exact) mass is 424 g/mol. The van der Waals surface area contributed by atoms with Crippen LogP contribution in [-0.2, 0) is 0 Å². The number of fused-ring (bicyclic) bond motifs is 3. The molecule has 0 spiro atoms. The molecule has 2 heteroatoms. The van der Waals surface area contributed by atoms with Crippen molar-refractivity contribution in [2.75, 3.05) is 0 Å². The van der Waals surface area contributed by atoms with E-state index >= 15 is 0 Å². The lowest BCUT2D eigenvalue weighted by atomic mass is 9.88. The summed E-state index contributed by atoms with van der Waals surface area (Å²) in [6.45, 7) is 2.29. The Hall–Kier alpha value is -4.04. The summed E-state index contributed by atoms with van der Waals surface area (Å²) in [5, 5.41) is 2.21. The number of allylic oxidation sites excluding steroid dienone is 4. The molecule has 0 fully saturated rings. The van der Waals surface area contributed by atoms with Gasteiger partial charge in [-0.05, 0) is 35.6 Å². The fraction of sp³-hybridized carbons (Fsp3) is 0.0968. The summed E-state index contributed by atoms with van der Waals surface area (Å²) in [5.41, 5.74) is 8.76. The molecule has 158 valence electrons. The van der Waals surface area contributed by atoms with Crippen LogP contribution in [0, 0.1) is 5.92 Å². The molecule has 0 N–H and O–H groups in total. The lowest BCUT2D eigenvalue weighted by molar-refractivity contribution is 0.758. The summed E-state index contributed by atoms with van der Waals surface area (Å²) in [6, 6.07) is 31.9. The minimum absolute atomic E-state index is 0.552. The van der Waals surface area contributed by atoms with E-state index in [-0.39, 0.29) is 0 Å². The second-order valence-corrected chi connectivity index (χ2v) is 8.73. The van der Waals surface area contributed by atoms with Crippen molar-refractivity contribution in [1.82, 2.24) is 9.97 Å². The second kappa shape index (κ2) is 8.14. The fourth-order valence-corrected chi connectivity index (χ4v) is 4.66. The van der Waals surface area contributed by atoms with E-state index in [1.165, 1.54) is 11.1 Å². The molecule has 0 saturated heterocycles. The first kappa shape index (κ1) is 19.6. The summed E-state index contributed by atoms with van der Waals surface area (Å²) < 4.78 is 0. The van der Waals surface area contributed by atoms with Crippen molar-refractivity contribution in [3.63, 3.8) is 0 Å². The number of nitrogens with zero attached hydrogens (tertiary/aromatic N) is 2. The van der Waals surface area contributed by atoms with E-state index in [1.807, 2.05) is 18.2 Å². The first-order chi connectivity index (χ1) is 16.3. The Labute approximate surface area is 194 Å². The zero-order valence-corrected chi connectivity index (χ0v) is 18.6. The zero-order chi connectivity index (χ0) is 22.2. The molecule has 0 amide bonds. The van der Waals surface area contributed by atoms with Gasteiger partial charge in [-0.25, -0.2) is 9.97 Å². The third-order valence-electron chi connectivity index (χ3n) is 6.54. The standard InChI is InChI=1S/C31H24N2/c1-21-7-5-6-10-27(21)22-11-13-24(14-12-22)29-20-18-26-16-15-25-17-19-28(23-8-3-2-4-9-23)32-30(25)31(26)33-29/h2-6,8-21H,7H2,1H3. The maximum Gasteiger partial charge on any atom is 0.0972 e. The average molecular weight is 425 g/mol. The van der Waals surface area contributed by atoms with Gasteiger partial charge in [0.25, 0.3) is 0 Å². The lowest BCUT2D eigenvalue weighted by Crippen LogP contribution is -2.00. The van der Waals surface area contributed by atoms with Crippen molar-refractivity contribution in [3.05, 3.63) is 115 Å². The Balaban J connectivity index is 1.44. The highest BCUT2D eigenvalue weighted by Crippen LogP contribution is 2.32. The molecule has 0 aliphatic heterocycles. The van der Waals surface area contributed by atoms with E-state index in [9.17, 15) is 0 Å². The van der Waals surface area contributed by atoms with Gasteiger partial charge >= 0.3 is 0 Å². The van der Waals surface area contributed by atoms with Crippen LogP contribution in [0.2, 0.25) is 0 Å². The summed E-state index contributed by atoms with van der Waals surface area (Å²) in [6.07, 6.45) is 7.74. The van der Waals surface area contributed by atoms with Gasteiger partial charge in [-0.1, -0.05) is 104 Å². The van der Waals surface area contributed by atoms with E-state index in [4.69, 9.17) is 9.97 Å². The number of rotatable bonds is 3. The minimum Gasteiger partial charge on any atom is -0.245 e. The quantitative estimate of drug-likeness (QED) is 0.273. The second-order valence-electron chi connectivity index (χ2n) is 8.73. The molecule has 6 rings (SSSR count). The van der Waals surface area contributed by atoms with Crippen LogP contribution >= 0.6 is 0 Å². The van der Waals surface area contributed by atoms with Crippen LogP contribution in [0.5, 0.6) is 0 Å². The molecule has 3 aromatic carbocycles. The smallest absolute Gasteiger partial charge is 0.0972 e. The molecule has 1 atom stereocenters. The first-order valence-corrected chi connectivity index (χ1v) is 11.5. The third kappa shape index (κ3) is 3.64. The predicted octanol–water partition coefficient (Wildman–Crippen LogP) is 8.10. The number of hydrogen-bond donors (Lipinski definition) is 0. The zero-order valence-electron chi connectivity index (χ0n) is 18.6. The Morgan fingerprint density at radius 3 is 1.76 bits per heavy atom. The number of aromatic nitrogens is 2. The van der Waals surface area contributed by atoms with Crippen LogP contribution < -0.4 is 0 Å². The van der Waals surface area contributed by atoms with Gasteiger partial charge < -0.3 is 0 Å². The van der Waals surface area contributed by atoms with Crippen molar-refractivity contribution >= 4 is 27.4 Å². The van der Waals surface area contributed by atoms with Crippen LogP contribution in [0.25, 0.3) is 49.9 Å². The molecule has 2 heterocycles. The Morgan fingerprint density at radius 2 is 1.15 bits per heavy atom. The summed E-state index contributed by atoms with van der Waals surface area (Å²) in [5.74, 6) is 0.552. The number of benzene rings is 3. The lowest BCUT2D eigenvalue weighted by Gasteiger charge is -2.17. The van der Waals surface area contributed by atoms with Crippen LogP contribution in [0.15, 0.2) is 109 Å². The van der Waals surface area contributed by atoms with Crippen LogP contribution in [0.1, 0.15) is 18.9 Å². The molecular formula is C31H24N2. The summed E-state index contributed by atoms with van der Waals surface area (Å²) in [7, 11) is 0. The predicted molar refractivity (Wildman–Crippen MR) is 139 cm³/mol. The minimum atomic E-state index is 0.552. The molecule has 33 heavy (non-hydrogen) atoms. The van der Waals surface area contributed by atoms with Gasteiger partial charge in [0.2, 0.25) is 0 Å². The van der Waals surface area contributed by atoms with E-state index < -0.39 is 0 Å². The maximum atomic E-state index is 5.08. The Kier molecular flexibility index (Phi) is 4.84. The van der Waals surface area contributed by atoms with Gasteiger partial charge in [0, 0.05) is 21.9 Å².